The van der Waals surface area contributed by atoms with Crippen molar-refractivity contribution in [2.45, 2.75) is 6.54 Å². The molecule has 0 unspecified atom stereocenters. The predicted molar refractivity (Wildman–Crippen MR) is 124 cm³/mol. The van der Waals surface area contributed by atoms with Gasteiger partial charge in [0.15, 0.2) is 0 Å². The van der Waals surface area contributed by atoms with E-state index in [1.165, 1.54) is 10.8 Å². The molecule has 1 aliphatic rings. The summed E-state index contributed by atoms with van der Waals surface area (Å²) in [5.41, 5.74) is 8.24. The summed E-state index contributed by atoms with van der Waals surface area (Å²) in [5.74, 6) is -0.880. The average molecular weight is 465 g/mol. The standard InChI is InChI=1S/C24H21F2N5O3/c1-33-6-7-34-20-9-16-8-15(2-3-21(16)27-13-20)14-31-23-22(28-29-31)4-5-30(24(23)32)19-11-17(25)10-18(26)12-19/h2-5,8-13,28-29H,6-7,14H2,1H3. The summed E-state index contributed by atoms with van der Waals surface area (Å²) in [6.07, 6.45) is 3.14. The molecule has 0 saturated heterocycles. The van der Waals surface area contributed by atoms with Gasteiger partial charge in [0, 0.05) is 24.8 Å². The second-order valence-electron chi connectivity index (χ2n) is 7.74. The molecule has 0 fully saturated rings. The number of pyridine rings is 2. The number of rotatable bonds is 7. The smallest absolute Gasteiger partial charge is 0.282 e. The van der Waals surface area contributed by atoms with Crippen LogP contribution in [0.2, 0.25) is 0 Å². The number of hydrogen-bond acceptors (Lipinski definition) is 7. The molecule has 2 aromatic heterocycles. The van der Waals surface area contributed by atoms with Gasteiger partial charge in [0.25, 0.3) is 5.56 Å². The molecule has 174 valence electrons. The van der Waals surface area contributed by atoms with Crippen LogP contribution in [-0.2, 0) is 11.3 Å². The van der Waals surface area contributed by atoms with Crippen LogP contribution < -0.4 is 26.3 Å². The highest BCUT2D eigenvalue weighted by Crippen LogP contribution is 2.28. The topological polar surface area (TPSA) is 80.7 Å². The molecule has 4 aromatic rings. The summed E-state index contributed by atoms with van der Waals surface area (Å²) in [4.78, 5) is 17.6. The van der Waals surface area contributed by atoms with Gasteiger partial charge in [-0.05, 0) is 42.0 Å². The highest BCUT2D eigenvalue weighted by Gasteiger charge is 2.24. The number of nitrogens with one attached hydrogen (secondary N) is 2. The Balaban J connectivity index is 1.44. The molecule has 0 amide bonds. The maximum absolute atomic E-state index is 13.7. The van der Waals surface area contributed by atoms with Crippen molar-refractivity contribution in [2.24, 2.45) is 0 Å². The van der Waals surface area contributed by atoms with Crippen molar-refractivity contribution in [3.63, 3.8) is 0 Å². The first-order valence-electron chi connectivity index (χ1n) is 10.5. The van der Waals surface area contributed by atoms with Gasteiger partial charge in [-0.3, -0.25) is 19.4 Å². The molecule has 0 saturated carbocycles. The number of benzene rings is 2. The summed E-state index contributed by atoms with van der Waals surface area (Å²) < 4.78 is 39.3. The fraction of sp³-hybridized carbons (Fsp3) is 0.167. The second kappa shape index (κ2) is 9.08. The lowest BCUT2D eigenvalue weighted by molar-refractivity contribution is 0.146. The molecule has 0 atom stereocenters. The van der Waals surface area contributed by atoms with Crippen LogP contribution >= 0.6 is 0 Å². The Morgan fingerprint density at radius 1 is 1.03 bits per heavy atom. The zero-order valence-electron chi connectivity index (χ0n) is 18.2. The summed E-state index contributed by atoms with van der Waals surface area (Å²) in [6.45, 7) is 1.25. The Morgan fingerprint density at radius 3 is 2.65 bits per heavy atom. The molecule has 2 N–H and O–H groups in total. The van der Waals surface area contributed by atoms with E-state index in [2.05, 4.69) is 15.9 Å². The number of aromatic nitrogens is 2. The maximum atomic E-state index is 13.7. The van der Waals surface area contributed by atoms with E-state index in [-0.39, 0.29) is 5.69 Å². The number of methoxy groups -OCH3 is 1. The highest BCUT2D eigenvalue weighted by atomic mass is 19.1. The number of nitrogens with zero attached hydrogens (tertiary/aromatic N) is 3. The molecular weight excluding hydrogens is 444 g/mol. The minimum absolute atomic E-state index is 0.106. The van der Waals surface area contributed by atoms with Crippen molar-refractivity contribution >= 4 is 22.3 Å². The number of hydrazine groups is 2. The van der Waals surface area contributed by atoms with Gasteiger partial charge in [0.05, 0.1) is 36.2 Å². The molecule has 5 rings (SSSR count). The van der Waals surface area contributed by atoms with Gasteiger partial charge in [-0.2, -0.15) is 0 Å². The number of halogens is 2. The quantitative estimate of drug-likeness (QED) is 0.404. The van der Waals surface area contributed by atoms with Crippen molar-refractivity contribution in [2.75, 3.05) is 30.8 Å². The van der Waals surface area contributed by atoms with E-state index in [0.29, 0.717) is 36.9 Å². The summed E-state index contributed by atoms with van der Waals surface area (Å²) in [5, 5.41) is 2.54. The third-order valence-electron chi connectivity index (χ3n) is 5.41. The Kier molecular flexibility index (Phi) is 5.83. The van der Waals surface area contributed by atoms with Crippen molar-refractivity contribution in [1.82, 2.24) is 15.1 Å². The van der Waals surface area contributed by atoms with E-state index in [1.54, 1.807) is 24.4 Å². The van der Waals surface area contributed by atoms with E-state index in [4.69, 9.17) is 9.47 Å². The summed E-state index contributed by atoms with van der Waals surface area (Å²) >= 11 is 0. The molecule has 2 aromatic carbocycles. The van der Waals surface area contributed by atoms with Gasteiger partial charge in [0.1, 0.15) is 29.7 Å². The molecule has 0 aliphatic carbocycles. The lowest BCUT2D eigenvalue weighted by atomic mass is 10.1. The minimum Gasteiger partial charge on any atom is -0.490 e. The van der Waals surface area contributed by atoms with Crippen LogP contribution in [-0.4, -0.2) is 29.9 Å². The van der Waals surface area contributed by atoms with Crippen molar-refractivity contribution in [3.8, 4) is 11.4 Å². The number of anilines is 2. The Labute approximate surface area is 193 Å². The summed E-state index contributed by atoms with van der Waals surface area (Å²) in [6, 6.07) is 12.3. The van der Waals surface area contributed by atoms with Crippen LogP contribution in [0, 0.1) is 11.6 Å². The van der Waals surface area contributed by atoms with Crippen LogP contribution in [0.1, 0.15) is 5.56 Å². The maximum Gasteiger partial charge on any atom is 0.282 e. The zero-order chi connectivity index (χ0) is 23.7. The third-order valence-corrected chi connectivity index (χ3v) is 5.41. The molecule has 0 spiro atoms. The van der Waals surface area contributed by atoms with Gasteiger partial charge in [0.2, 0.25) is 0 Å². The zero-order valence-corrected chi connectivity index (χ0v) is 18.2. The van der Waals surface area contributed by atoms with Gasteiger partial charge < -0.3 is 14.9 Å². The minimum atomic E-state index is -0.758. The molecule has 10 heteroatoms. The summed E-state index contributed by atoms with van der Waals surface area (Å²) in [7, 11) is 1.61. The van der Waals surface area contributed by atoms with Crippen LogP contribution in [0.5, 0.6) is 5.75 Å². The largest absolute Gasteiger partial charge is 0.490 e. The van der Waals surface area contributed by atoms with Gasteiger partial charge in [-0.1, -0.05) is 6.07 Å². The molecule has 0 bridgehead atoms. The number of hydrogen-bond donors (Lipinski definition) is 2. The van der Waals surface area contributed by atoms with E-state index in [0.717, 1.165) is 34.7 Å². The van der Waals surface area contributed by atoms with E-state index in [9.17, 15) is 13.6 Å². The van der Waals surface area contributed by atoms with Crippen LogP contribution in [0.25, 0.3) is 16.6 Å². The lowest BCUT2D eigenvalue weighted by Gasteiger charge is -2.18. The number of fused-ring (bicyclic) bond motifs is 2. The Morgan fingerprint density at radius 2 is 1.85 bits per heavy atom. The molecule has 3 heterocycles. The van der Waals surface area contributed by atoms with Crippen molar-refractivity contribution in [1.29, 1.82) is 0 Å². The highest BCUT2D eigenvalue weighted by molar-refractivity contribution is 5.80. The van der Waals surface area contributed by atoms with E-state index >= 15 is 0 Å². The van der Waals surface area contributed by atoms with Crippen LogP contribution in [0.3, 0.4) is 0 Å². The van der Waals surface area contributed by atoms with Gasteiger partial charge in [-0.25, -0.2) is 8.78 Å². The van der Waals surface area contributed by atoms with Gasteiger partial charge >= 0.3 is 0 Å². The predicted octanol–water partition coefficient (Wildman–Crippen LogP) is 3.54. The molecule has 1 aliphatic heterocycles. The normalized spacial score (nSPS) is 12.6. The van der Waals surface area contributed by atoms with E-state index < -0.39 is 17.2 Å². The van der Waals surface area contributed by atoms with Crippen molar-refractivity contribution < 1.29 is 18.3 Å². The Bertz CT molecular complexity index is 1410. The molecule has 34 heavy (non-hydrogen) atoms. The monoisotopic (exact) mass is 465 g/mol. The number of ether oxygens (including phenoxy) is 2. The molecule has 0 radical (unpaired) electrons. The Hall–Kier alpha value is -4.02. The second-order valence-corrected chi connectivity index (χ2v) is 7.74. The van der Waals surface area contributed by atoms with Crippen molar-refractivity contribution in [3.05, 3.63) is 88.5 Å². The van der Waals surface area contributed by atoms with E-state index in [1.807, 2.05) is 24.3 Å². The molecule has 8 nitrogen and oxygen atoms in total. The van der Waals surface area contributed by atoms with Crippen LogP contribution in [0.4, 0.5) is 20.2 Å². The first kappa shape index (κ1) is 21.8. The van der Waals surface area contributed by atoms with Crippen LogP contribution in [0.15, 0.2) is 65.7 Å². The third kappa shape index (κ3) is 4.28. The molecular formula is C24H21F2N5O3. The van der Waals surface area contributed by atoms with Gasteiger partial charge in [-0.15, -0.1) is 5.53 Å². The fourth-order valence-corrected chi connectivity index (χ4v) is 3.83. The fourth-order valence-electron chi connectivity index (χ4n) is 3.83. The first-order chi connectivity index (χ1) is 16.5. The SMILES string of the molecule is COCCOc1cnc2ccc(CN3NNc4ccn(-c5cc(F)cc(F)c5)c(=O)c43)cc2c1. The average Bonchev–Trinajstić information content (AvgIpc) is 3.22. The first-order valence-corrected chi connectivity index (χ1v) is 10.5. The lowest BCUT2D eigenvalue weighted by Crippen LogP contribution is -2.38.